The Morgan fingerprint density at radius 2 is 1.17 bits per heavy atom. The molecule has 4 nitrogen and oxygen atoms in total. The largest absolute Gasteiger partial charge is 0.242 e. The second-order valence-corrected chi connectivity index (χ2v) is 18.8. The zero-order valence-corrected chi connectivity index (χ0v) is 28.5. The first-order valence-electron chi connectivity index (χ1n) is 14.7. The molecule has 2 heterocycles. The predicted molar refractivity (Wildman–Crippen MR) is 177 cm³/mol. The number of piperidine rings is 1. The number of hydrogen-bond donors (Lipinski definition) is 0. The Balaban J connectivity index is 0.000000189. The van der Waals surface area contributed by atoms with Crippen LogP contribution in [0.15, 0.2) is 60.7 Å². The van der Waals surface area contributed by atoms with Crippen LogP contribution in [0.3, 0.4) is 0 Å². The van der Waals surface area contributed by atoms with E-state index in [2.05, 4.69) is 65.8 Å². The van der Waals surface area contributed by atoms with E-state index in [4.69, 9.17) is 23.2 Å². The third-order valence-corrected chi connectivity index (χ3v) is 12.3. The number of halogens is 2. The molecule has 0 amide bonds. The van der Waals surface area contributed by atoms with Gasteiger partial charge in [0.25, 0.3) is 0 Å². The predicted octanol–water partition coefficient (Wildman–Crippen LogP) is 8.03. The van der Waals surface area contributed by atoms with E-state index in [0.717, 1.165) is 54.2 Å². The second-order valence-electron chi connectivity index (χ2n) is 13.6. The minimum Gasteiger partial charge on any atom is -0.242 e. The highest BCUT2D eigenvalue weighted by Crippen LogP contribution is 2.48. The molecule has 3 aliphatic rings. The maximum absolute atomic E-state index is 12.9. The molecule has 4 unspecified atom stereocenters. The van der Waals surface area contributed by atoms with Gasteiger partial charge in [-0.15, -0.1) is 0 Å². The van der Waals surface area contributed by atoms with Crippen LogP contribution in [-0.4, -0.2) is 51.7 Å². The van der Waals surface area contributed by atoms with E-state index in [0.29, 0.717) is 12.1 Å². The lowest BCUT2D eigenvalue weighted by Gasteiger charge is -2.38. The monoisotopic (exact) mass is 636 g/mol. The molecule has 1 aliphatic carbocycles. The van der Waals surface area contributed by atoms with Gasteiger partial charge in [0.1, 0.15) is 11.0 Å². The highest BCUT2D eigenvalue weighted by Gasteiger charge is 2.48. The minimum absolute atomic E-state index is 0.181. The van der Waals surface area contributed by atoms with E-state index >= 15 is 0 Å². The molecule has 226 valence electrons. The highest BCUT2D eigenvalue weighted by atomic mass is 35.5. The molecule has 0 spiro atoms. The summed E-state index contributed by atoms with van der Waals surface area (Å²) >= 11 is 11.9. The van der Waals surface area contributed by atoms with Crippen molar-refractivity contribution >= 4 is 45.2 Å². The van der Waals surface area contributed by atoms with Crippen molar-refractivity contribution in [3.05, 3.63) is 81.9 Å². The molecule has 0 N–H and O–H groups in total. The van der Waals surface area contributed by atoms with Gasteiger partial charge in [-0.3, -0.25) is 0 Å². The summed E-state index contributed by atoms with van der Waals surface area (Å²) in [6.07, 6.45) is 9.65. The van der Waals surface area contributed by atoms with Gasteiger partial charge < -0.3 is 0 Å². The van der Waals surface area contributed by atoms with Crippen molar-refractivity contribution in [3.63, 3.8) is 0 Å². The van der Waals surface area contributed by atoms with Gasteiger partial charge in [-0.05, 0) is 121 Å². The van der Waals surface area contributed by atoms with E-state index < -0.39 is 22.0 Å². The first-order valence-corrected chi connectivity index (χ1v) is 17.7. The molecular weight excluding hydrogens is 591 g/mol. The SMILES string of the molecule is CC(C)(C)S(=O)N1CC2CC2C[C@@H]1Cc1ccc(Cl)cc1.CC(C)(C)S(=O)N1CC=CC[C@@H]1Cc1ccc(Cl)cc1. The van der Waals surface area contributed by atoms with Crippen LogP contribution in [0.1, 0.15) is 71.9 Å². The van der Waals surface area contributed by atoms with Crippen molar-refractivity contribution in [1.82, 2.24) is 8.61 Å². The summed E-state index contributed by atoms with van der Waals surface area (Å²) in [6, 6.07) is 16.7. The molecule has 0 radical (unpaired) electrons. The molecule has 41 heavy (non-hydrogen) atoms. The van der Waals surface area contributed by atoms with Crippen LogP contribution in [0, 0.1) is 11.8 Å². The lowest BCUT2D eigenvalue weighted by atomic mass is 9.97. The van der Waals surface area contributed by atoms with Crippen LogP contribution in [0.25, 0.3) is 0 Å². The van der Waals surface area contributed by atoms with Crippen molar-refractivity contribution in [2.75, 3.05) is 13.1 Å². The molecule has 6 atom stereocenters. The molecule has 5 rings (SSSR count). The number of fused-ring (bicyclic) bond motifs is 1. The van der Waals surface area contributed by atoms with Crippen LogP contribution < -0.4 is 0 Å². The molecule has 0 aromatic heterocycles. The summed E-state index contributed by atoms with van der Waals surface area (Å²) in [5, 5.41) is 1.53. The Hall–Kier alpha value is -1.02. The molecule has 2 fully saturated rings. The van der Waals surface area contributed by atoms with Crippen LogP contribution in [0.5, 0.6) is 0 Å². The quantitative estimate of drug-likeness (QED) is 0.301. The topological polar surface area (TPSA) is 40.6 Å². The Kier molecular flexibility index (Phi) is 11.0. The molecule has 8 heteroatoms. The number of hydrogen-bond acceptors (Lipinski definition) is 2. The number of rotatable bonds is 6. The molecule has 0 bridgehead atoms. The van der Waals surface area contributed by atoms with E-state index in [1.54, 1.807) is 0 Å². The van der Waals surface area contributed by atoms with Gasteiger partial charge >= 0.3 is 0 Å². The van der Waals surface area contributed by atoms with Crippen LogP contribution in [0.2, 0.25) is 10.0 Å². The Bertz CT molecular complexity index is 1240. The van der Waals surface area contributed by atoms with Crippen molar-refractivity contribution in [3.8, 4) is 0 Å². The van der Waals surface area contributed by atoms with E-state index in [9.17, 15) is 8.42 Å². The molecule has 1 saturated carbocycles. The van der Waals surface area contributed by atoms with Crippen molar-refractivity contribution in [2.24, 2.45) is 11.8 Å². The van der Waals surface area contributed by atoms with E-state index in [-0.39, 0.29) is 9.49 Å². The fraction of sp³-hybridized carbons (Fsp3) is 0.576. The highest BCUT2D eigenvalue weighted by molar-refractivity contribution is 7.84. The standard InChI is InChI=1S/C17H24ClNOS.C16H22ClNOS/c1-17(2,3)21(20)19-11-14-9-13(14)10-16(19)8-12-4-6-15(18)7-5-12;1-16(2,3)20(19)18-11-5-4-6-15(18)12-13-7-9-14(17)10-8-13/h4-7,13-14,16H,8-11H2,1-3H3;4-5,7-10,15H,6,11-12H2,1-3H3/t13?,14?,16-,21?;15-,20?/m01/s1. The smallest absolute Gasteiger partial charge is 0.100 e. The average Bonchev–Trinajstić information content (AvgIpc) is 3.68. The van der Waals surface area contributed by atoms with Crippen molar-refractivity contribution < 1.29 is 8.42 Å². The summed E-state index contributed by atoms with van der Waals surface area (Å²) in [6.45, 7) is 14.1. The van der Waals surface area contributed by atoms with Crippen molar-refractivity contribution in [2.45, 2.75) is 95.2 Å². The molecule has 2 aromatic carbocycles. The van der Waals surface area contributed by atoms with Gasteiger partial charge in [0, 0.05) is 35.2 Å². The Labute approximate surface area is 263 Å². The fourth-order valence-corrected chi connectivity index (χ4v) is 8.70. The lowest BCUT2D eigenvalue weighted by molar-refractivity contribution is 0.248. The number of benzene rings is 2. The summed E-state index contributed by atoms with van der Waals surface area (Å²) in [5.41, 5.74) is 2.53. The van der Waals surface area contributed by atoms with Crippen LogP contribution in [0.4, 0.5) is 0 Å². The third-order valence-electron chi connectivity index (χ3n) is 7.98. The molecule has 1 saturated heterocycles. The fourth-order valence-electron chi connectivity index (χ4n) is 5.63. The minimum atomic E-state index is -0.976. The van der Waals surface area contributed by atoms with Gasteiger partial charge in [0.2, 0.25) is 0 Å². The summed E-state index contributed by atoms with van der Waals surface area (Å²) in [4.78, 5) is 0. The normalized spacial score (nSPS) is 26.4. The maximum Gasteiger partial charge on any atom is 0.100 e. The zero-order chi connectivity index (χ0) is 29.9. The van der Waals surface area contributed by atoms with E-state index in [1.165, 1.54) is 24.0 Å². The second kappa shape index (κ2) is 13.7. The first kappa shape index (κ1) is 32.9. The van der Waals surface area contributed by atoms with Crippen molar-refractivity contribution in [1.29, 1.82) is 0 Å². The summed E-state index contributed by atoms with van der Waals surface area (Å²) < 4.78 is 29.5. The van der Waals surface area contributed by atoms with Crippen LogP contribution in [-0.2, 0) is 34.8 Å². The molecular formula is C33H46Cl2N2O2S2. The number of nitrogens with zero attached hydrogens (tertiary/aromatic N) is 2. The summed E-state index contributed by atoms with van der Waals surface area (Å²) in [7, 11) is -1.89. The molecule has 2 aliphatic heterocycles. The van der Waals surface area contributed by atoms with Crippen LogP contribution >= 0.6 is 23.2 Å². The molecule has 2 aromatic rings. The van der Waals surface area contributed by atoms with Gasteiger partial charge in [0.15, 0.2) is 0 Å². The lowest BCUT2D eigenvalue weighted by Crippen LogP contribution is -2.48. The van der Waals surface area contributed by atoms with Gasteiger partial charge in [-0.25, -0.2) is 17.0 Å². The zero-order valence-electron chi connectivity index (χ0n) is 25.3. The summed E-state index contributed by atoms with van der Waals surface area (Å²) in [5.74, 6) is 1.66. The Morgan fingerprint density at radius 3 is 1.68 bits per heavy atom. The maximum atomic E-state index is 12.9. The van der Waals surface area contributed by atoms with E-state index in [1.807, 2.05) is 45.0 Å². The first-order chi connectivity index (χ1) is 19.2. The van der Waals surface area contributed by atoms with Gasteiger partial charge in [-0.2, -0.15) is 0 Å². The van der Waals surface area contributed by atoms with Gasteiger partial charge in [0.05, 0.1) is 20.5 Å². The van der Waals surface area contributed by atoms with Gasteiger partial charge in [-0.1, -0.05) is 59.6 Å². The average molecular weight is 638 g/mol. The Morgan fingerprint density at radius 1 is 0.683 bits per heavy atom. The third kappa shape index (κ3) is 9.23.